The predicted octanol–water partition coefficient (Wildman–Crippen LogP) is 4.69. The van der Waals surface area contributed by atoms with Crippen molar-refractivity contribution in [2.45, 2.75) is 37.6 Å². The van der Waals surface area contributed by atoms with Gasteiger partial charge in [0.2, 0.25) is 7.29 Å². The Hall–Kier alpha value is -1.67. The van der Waals surface area contributed by atoms with Crippen molar-refractivity contribution in [1.29, 1.82) is 0 Å². The highest BCUT2D eigenvalue weighted by atomic mass is 31.2. The molecular formula is C20H22NO2P. The van der Waals surface area contributed by atoms with E-state index in [9.17, 15) is 4.57 Å². The third-order valence-corrected chi connectivity index (χ3v) is 8.41. The molecule has 4 heteroatoms. The smallest absolute Gasteiger partial charge is 0.208 e. The van der Waals surface area contributed by atoms with Gasteiger partial charge >= 0.3 is 0 Å². The molecule has 3 nitrogen and oxygen atoms in total. The van der Waals surface area contributed by atoms with Gasteiger partial charge in [0.1, 0.15) is 0 Å². The number of nitrogens with zero attached hydrogens (tertiary/aromatic N) is 1. The summed E-state index contributed by atoms with van der Waals surface area (Å²) in [5.74, 6) is 0. The normalized spacial score (nSPS) is 26.9. The molecule has 0 unspecified atom stereocenters. The lowest BCUT2D eigenvalue weighted by Gasteiger charge is -2.46. The maximum atomic E-state index is 14.4. The van der Waals surface area contributed by atoms with Gasteiger partial charge in [0.15, 0.2) is 0 Å². The fourth-order valence-corrected chi connectivity index (χ4v) is 6.73. The van der Waals surface area contributed by atoms with Crippen LogP contribution in [0.4, 0.5) is 0 Å². The van der Waals surface area contributed by atoms with E-state index in [2.05, 4.69) is 31.2 Å². The zero-order valence-electron chi connectivity index (χ0n) is 13.8. The molecule has 1 saturated heterocycles. The van der Waals surface area contributed by atoms with Gasteiger partial charge in [-0.05, 0) is 25.3 Å². The van der Waals surface area contributed by atoms with Crippen LogP contribution in [-0.2, 0) is 9.40 Å². The van der Waals surface area contributed by atoms with Crippen molar-refractivity contribution >= 4 is 12.6 Å². The van der Waals surface area contributed by atoms with E-state index in [0.29, 0.717) is 0 Å². The summed E-state index contributed by atoms with van der Waals surface area (Å²) in [4.78, 5) is 7.96. The van der Waals surface area contributed by atoms with Gasteiger partial charge in [-0.25, -0.2) is 0 Å². The number of hydrogen-bond acceptors (Lipinski definition) is 2. The van der Waals surface area contributed by atoms with Crippen LogP contribution in [0.15, 0.2) is 72.8 Å². The Balaban J connectivity index is 1.82. The second-order valence-electron chi connectivity index (χ2n) is 6.52. The maximum Gasteiger partial charge on any atom is 0.208 e. The van der Waals surface area contributed by atoms with E-state index in [1.807, 2.05) is 53.4 Å². The van der Waals surface area contributed by atoms with Crippen LogP contribution in [0.3, 0.4) is 0 Å². The molecule has 24 heavy (non-hydrogen) atoms. The molecule has 5 rings (SSSR count). The van der Waals surface area contributed by atoms with E-state index in [1.165, 1.54) is 0 Å². The van der Waals surface area contributed by atoms with Crippen molar-refractivity contribution < 1.29 is 9.40 Å². The molecule has 0 N–H and O–H groups in total. The molecule has 2 bridgehead atoms. The van der Waals surface area contributed by atoms with Crippen molar-refractivity contribution in [3.05, 3.63) is 78.4 Å². The molecule has 2 aliphatic heterocycles. The van der Waals surface area contributed by atoms with E-state index < -0.39 is 7.29 Å². The van der Waals surface area contributed by atoms with Crippen molar-refractivity contribution in [3.63, 3.8) is 0 Å². The molecular weight excluding hydrogens is 317 g/mol. The molecule has 0 amide bonds. The van der Waals surface area contributed by atoms with E-state index in [1.54, 1.807) is 0 Å². The first-order chi connectivity index (χ1) is 11.7. The van der Waals surface area contributed by atoms with Crippen LogP contribution in [0.2, 0.25) is 0 Å². The summed E-state index contributed by atoms with van der Waals surface area (Å²) in [7, 11) is -2.94. The average molecular weight is 339 g/mol. The molecule has 0 spiro atoms. The highest BCUT2D eigenvalue weighted by molar-refractivity contribution is 7.69. The van der Waals surface area contributed by atoms with Gasteiger partial charge in [-0.2, -0.15) is 0 Å². The molecule has 0 aromatic heterocycles. The van der Waals surface area contributed by atoms with Gasteiger partial charge in [0.25, 0.3) is 0 Å². The lowest BCUT2D eigenvalue weighted by atomic mass is 10.00. The Morgan fingerprint density at radius 3 is 2.21 bits per heavy atom. The number of hydroxylamine groups is 1. The van der Waals surface area contributed by atoms with Crippen molar-refractivity contribution in [3.8, 4) is 0 Å². The molecule has 0 radical (unpaired) electrons. The van der Waals surface area contributed by atoms with E-state index >= 15 is 0 Å². The standard InChI is InChI=1S/C20H22NO2P/c1-16(17-8-4-2-5-9-17)24(22,20-10-6-3-7-11-20)21-18-12-14-19(23-21)15-13-18/h2-12,14,16,18-19H,13,15H2,1H3/t16-,18+,19-,24+/m0/s1. The molecule has 0 saturated carbocycles. The summed E-state index contributed by atoms with van der Waals surface area (Å²) >= 11 is 0. The molecule has 1 fully saturated rings. The second kappa shape index (κ2) is 6.33. The molecule has 2 aromatic carbocycles. The fourth-order valence-electron chi connectivity index (χ4n) is 3.64. The summed E-state index contributed by atoms with van der Waals surface area (Å²) in [5, 5.41) is 0.863. The fraction of sp³-hybridized carbons (Fsp3) is 0.300. The Morgan fingerprint density at radius 2 is 1.67 bits per heavy atom. The largest absolute Gasteiger partial charge is 0.299 e. The number of hydrogen-bond donors (Lipinski definition) is 0. The lowest BCUT2D eigenvalue weighted by molar-refractivity contribution is -0.171. The lowest BCUT2D eigenvalue weighted by Crippen LogP contribution is -2.45. The van der Waals surface area contributed by atoms with Gasteiger partial charge in [0, 0.05) is 5.30 Å². The molecule has 4 atom stereocenters. The van der Waals surface area contributed by atoms with Crippen molar-refractivity contribution in [2.75, 3.05) is 0 Å². The van der Waals surface area contributed by atoms with Crippen LogP contribution in [0.1, 0.15) is 31.0 Å². The Bertz CT molecular complexity index is 775. The SMILES string of the molecule is C[C@@H](c1ccccc1)[P@@](=O)(c1ccccc1)N1O[C@H]2C=C[C@@H]1CC2. The van der Waals surface area contributed by atoms with Crippen LogP contribution < -0.4 is 5.30 Å². The predicted molar refractivity (Wildman–Crippen MR) is 97.4 cm³/mol. The van der Waals surface area contributed by atoms with E-state index in [0.717, 1.165) is 23.7 Å². The monoisotopic (exact) mass is 339 g/mol. The van der Waals surface area contributed by atoms with Crippen LogP contribution in [0.25, 0.3) is 0 Å². The number of rotatable bonds is 4. The molecule has 1 aliphatic carbocycles. The first kappa shape index (κ1) is 15.8. The minimum Gasteiger partial charge on any atom is -0.299 e. The Morgan fingerprint density at radius 1 is 1.00 bits per heavy atom. The van der Waals surface area contributed by atoms with Crippen LogP contribution in [-0.4, -0.2) is 17.0 Å². The Kier molecular flexibility index (Phi) is 4.17. The van der Waals surface area contributed by atoms with Gasteiger partial charge in [-0.3, -0.25) is 9.40 Å². The van der Waals surface area contributed by atoms with Crippen LogP contribution in [0.5, 0.6) is 0 Å². The quantitative estimate of drug-likeness (QED) is 0.598. The average Bonchev–Trinajstić information content (AvgIpc) is 2.69. The van der Waals surface area contributed by atoms with Crippen LogP contribution >= 0.6 is 7.29 Å². The third kappa shape index (κ3) is 2.57. The molecule has 3 aliphatic rings. The first-order valence-corrected chi connectivity index (χ1v) is 10.3. The second-order valence-corrected chi connectivity index (χ2v) is 9.45. The summed E-state index contributed by atoms with van der Waals surface area (Å²) in [5.41, 5.74) is 0.951. The Labute approximate surface area is 143 Å². The number of benzene rings is 2. The van der Waals surface area contributed by atoms with Crippen LogP contribution in [0, 0.1) is 0 Å². The van der Waals surface area contributed by atoms with Gasteiger partial charge in [0.05, 0.1) is 17.8 Å². The summed E-state index contributed by atoms with van der Waals surface area (Å²) < 4.78 is 14.4. The zero-order valence-corrected chi connectivity index (χ0v) is 14.7. The van der Waals surface area contributed by atoms with Crippen molar-refractivity contribution in [1.82, 2.24) is 4.83 Å². The van der Waals surface area contributed by atoms with Crippen molar-refractivity contribution in [2.24, 2.45) is 0 Å². The molecule has 124 valence electrons. The summed E-state index contributed by atoms with van der Waals surface area (Å²) in [6.45, 7) is 2.05. The van der Waals surface area contributed by atoms with E-state index in [4.69, 9.17) is 4.84 Å². The third-order valence-electron chi connectivity index (χ3n) is 5.05. The summed E-state index contributed by atoms with van der Waals surface area (Å²) in [6, 6.07) is 20.0. The van der Waals surface area contributed by atoms with E-state index in [-0.39, 0.29) is 17.8 Å². The highest BCUT2D eigenvalue weighted by Crippen LogP contribution is 2.63. The van der Waals surface area contributed by atoms with Gasteiger partial charge in [-0.1, -0.05) is 72.8 Å². The van der Waals surface area contributed by atoms with Gasteiger partial charge in [-0.15, -0.1) is 4.83 Å². The first-order valence-electron chi connectivity index (χ1n) is 8.54. The highest BCUT2D eigenvalue weighted by Gasteiger charge is 2.47. The zero-order chi connectivity index (χ0) is 16.6. The minimum atomic E-state index is -2.94. The molecule has 2 heterocycles. The summed E-state index contributed by atoms with van der Waals surface area (Å²) in [6.07, 6.45) is 6.32. The maximum absolute atomic E-state index is 14.4. The van der Waals surface area contributed by atoms with Gasteiger partial charge < -0.3 is 0 Å². The topological polar surface area (TPSA) is 29.5 Å². The number of fused-ring (bicyclic) bond motifs is 2. The minimum absolute atomic E-state index is 0.0509. The molecule has 2 aromatic rings.